The van der Waals surface area contributed by atoms with Gasteiger partial charge >= 0.3 is 0 Å². The molecular formula is C15H28Br2N4. The number of aromatic nitrogens is 2. The third-order valence-corrected chi connectivity index (χ3v) is 3.92. The minimum Gasteiger partial charge on any atom is -1.00 e. The molecule has 0 unspecified atom stereocenters. The predicted molar refractivity (Wildman–Crippen MR) is 76.6 cm³/mol. The number of nitrogens with one attached hydrogen (secondary N) is 1. The monoisotopic (exact) mass is 422 g/mol. The van der Waals surface area contributed by atoms with E-state index in [2.05, 4.69) is 46.9 Å². The van der Waals surface area contributed by atoms with Gasteiger partial charge in [0.1, 0.15) is 18.6 Å². The van der Waals surface area contributed by atoms with Crippen LogP contribution in [0.3, 0.4) is 0 Å². The molecule has 0 fully saturated rings. The number of imidazole rings is 1. The van der Waals surface area contributed by atoms with Gasteiger partial charge in [0.25, 0.3) is 0 Å². The summed E-state index contributed by atoms with van der Waals surface area (Å²) in [7, 11) is 0. The Labute approximate surface area is 150 Å². The van der Waals surface area contributed by atoms with E-state index in [0.717, 1.165) is 17.8 Å². The van der Waals surface area contributed by atoms with E-state index in [1.54, 1.807) is 0 Å². The molecule has 2 heterocycles. The Bertz CT molecular complexity index is 384. The lowest BCUT2D eigenvalue weighted by molar-refractivity contribution is -0.886. The minimum absolute atomic E-state index is 0. The van der Waals surface area contributed by atoms with E-state index < -0.39 is 0 Å². The molecule has 0 aromatic carbocycles. The van der Waals surface area contributed by atoms with Crippen molar-refractivity contribution in [1.82, 2.24) is 9.88 Å². The Morgan fingerprint density at radius 2 is 1.81 bits per heavy atom. The number of halogens is 2. The number of unbranched alkanes of at least 4 members (excludes halogenated alkanes) is 2. The van der Waals surface area contributed by atoms with Crippen molar-refractivity contribution in [2.24, 2.45) is 0 Å². The van der Waals surface area contributed by atoms with Crippen LogP contribution in [0.4, 0.5) is 0 Å². The van der Waals surface area contributed by atoms with Gasteiger partial charge in [-0.05, 0) is 12.8 Å². The Morgan fingerprint density at radius 3 is 2.33 bits per heavy atom. The molecule has 6 heteroatoms. The van der Waals surface area contributed by atoms with Gasteiger partial charge in [0.2, 0.25) is 6.33 Å². The highest BCUT2D eigenvalue weighted by atomic mass is 79.9. The smallest absolute Gasteiger partial charge is 0.243 e. The summed E-state index contributed by atoms with van der Waals surface area (Å²) in [5, 5.41) is 0. The van der Waals surface area contributed by atoms with Gasteiger partial charge in [0.05, 0.1) is 19.3 Å². The Morgan fingerprint density at radius 1 is 1.14 bits per heavy atom. The van der Waals surface area contributed by atoms with Crippen LogP contribution in [0.2, 0.25) is 0 Å². The first-order chi connectivity index (χ1) is 9.28. The maximum atomic E-state index is 3.10. The summed E-state index contributed by atoms with van der Waals surface area (Å²) in [4.78, 5) is 5.52. The van der Waals surface area contributed by atoms with Crippen LogP contribution in [-0.4, -0.2) is 34.1 Å². The van der Waals surface area contributed by atoms with Gasteiger partial charge in [-0.1, -0.05) is 26.7 Å². The van der Waals surface area contributed by atoms with E-state index in [9.17, 15) is 0 Å². The summed E-state index contributed by atoms with van der Waals surface area (Å²) in [5.74, 6) is 0. The molecule has 0 atom stereocenters. The molecule has 2 rings (SSSR count). The van der Waals surface area contributed by atoms with Crippen molar-refractivity contribution in [3.05, 3.63) is 31.1 Å². The molecule has 1 aromatic rings. The van der Waals surface area contributed by atoms with Crippen molar-refractivity contribution in [1.29, 1.82) is 0 Å². The van der Waals surface area contributed by atoms with Gasteiger partial charge in [-0.25, -0.2) is 4.57 Å². The topological polar surface area (TPSA) is 22.9 Å². The van der Waals surface area contributed by atoms with Crippen LogP contribution in [0, 0.1) is 0 Å². The van der Waals surface area contributed by atoms with Crippen molar-refractivity contribution in [2.75, 3.05) is 19.8 Å². The standard InChI is InChI=1S/C15H27N4.2BrH/c1-3-5-10-19(11-6-4-2)12-9-18(15-19)14-17-8-7-16-13-17;;/h7-9,12-13H,3-6,10-11,14-15H2,1-2H3;2*1H/q+1;;/p-1. The fraction of sp³-hybridized carbons (Fsp3) is 0.667. The molecule has 0 saturated heterocycles. The SMILES string of the molecule is CCCC[N+]1(CCCC)C=CN(C[n+]2cc[nH]c2)C1.[Br-].[Br-]. The van der Waals surface area contributed by atoms with Crippen LogP contribution in [0.15, 0.2) is 31.1 Å². The first-order valence-corrected chi connectivity index (χ1v) is 7.59. The molecule has 0 amide bonds. The van der Waals surface area contributed by atoms with Crippen LogP contribution in [-0.2, 0) is 6.67 Å². The van der Waals surface area contributed by atoms with E-state index in [0.29, 0.717) is 0 Å². The second-order valence-corrected chi connectivity index (χ2v) is 5.67. The first-order valence-electron chi connectivity index (χ1n) is 7.59. The second kappa shape index (κ2) is 10.4. The lowest BCUT2D eigenvalue weighted by Crippen LogP contribution is -3.00. The first kappa shape index (κ1) is 20.7. The molecule has 0 aliphatic carbocycles. The number of nitrogens with zero attached hydrogens (tertiary/aromatic N) is 3. The summed E-state index contributed by atoms with van der Waals surface area (Å²) >= 11 is 0. The average molecular weight is 424 g/mol. The second-order valence-electron chi connectivity index (χ2n) is 5.67. The quantitative estimate of drug-likeness (QED) is 0.339. The van der Waals surface area contributed by atoms with Gasteiger partial charge in [-0.3, -0.25) is 14.4 Å². The number of hydrogen-bond donors (Lipinski definition) is 1. The molecule has 0 spiro atoms. The van der Waals surface area contributed by atoms with Crippen molar-refractivity contribution in [3.8, 4) is 0 Å². The number of quaternary nitrogens is 1. The molecule has 0 radical (unpaired) electrons. The number of H-pyrrole nitrogens is 1. The highest BCUT2D eigenvalue weighted by Crippen LogP contribution is 2.20. The third-order valence-electron chi connectivity index (χ3n) is 3.92. The minimum atomic E-state index is 0. The Hall–Kier alpha value is -0.330. The fourth-order valence-electron chi connectivity index (χ4n) is 2.75. The number of hydrogen-bond acceptors (Lipinski definition) is 1. The molecular weight excluding hydrogens is 396 g/mol. The maximum absolute atomic E-state index is 3.10. The molecule has 1 aromatic heterocycles. The number of rotatable bonds is 8. The fourth-order valence-corrected chi connectivity index (χ4v) is 2.75. The van der Waals surface area contributed by atoms with Gasteiger partial charge in [-0.2, -0.15) is 0 Å². The summed E-state index contributed by atoms with van der Waals surface area (Å²) < 4.78 is 3.33. The van der Waals surface area contributed by atoms with Crippen molar-refractivity contribution < 1.29 is 43.0 Å². The largest absolute Gasteiger partial charge is 1.00 e. The van der Waals surface area contributed by atoms with Crippen LogP contribution in [0.5, 0.6) is 0 Å². The molecule has 1 aliphatic rings. The highest BCUT2D eigenvalue weighted by Gasteiger charge is 2.31. The lowest BCUT2D eigenvalue weighted by atomic mass is 10.2. The van der Waals surface area contributed by atoms with Crippen LogP contribution in [0.25, 0.3) is 0 Å². The van der Waals surface area contributed by atoms with Gasteiger partial charge < -0.3 is 34.0 Å². The summed E-state index contributed by atoms with van der Waals surface area (Å²) in [6.45, 7) is 9.19. The highest BCUT2D eigenvalue weighted by molar-refractivity contribution is 4.79. The molecule has 4 nitrogen and oxygen atoms in total. The van der Waals surface area contributed by atoms with Crippen LogP contribution in [0.1, 0.15) is 39.5 Å². The van der Waals surface area contributed by atoms with Gasteiger partial charge in [0.15, 0.2) is 13.3 Å². The zero-order valence-electron chi connectivity index (χ0n) is 13.1. The van der Waals surface area contributed by atoms with Gasteiger partial charge in [-0.15, -0.1) is 0 Å². The average Bonchev–Trinajstić information content (AvgIpc) is 3.06. The molecule has 1 N–H and O–H groups in total. The Kier molecular flexibility index (Phi) is 10.2. The van der Waals surface area contributed by atoms with Crippen LogP contribution >= 0.6 is 0 Å². The van der Waals surface area contributed by atoms with Crippen molar-refractivity contribution in [3.63, 3.8) is 0 Å². The third kappa shape index (κ3) is 6.12. The van der Waals surface area contributed by atoms with E-state index in [1.165, 1.54) is 38.8 Å². The predicted octanol–water partition coefficient (Wildman–Crippen LogP) is -3.57. The number of aromatic amines is 1. The molecule has 0 bridgehead atoms. The Balaban J connectivity index is 0.00000200. The van der Waals surface area contributed by atoms with E-state index in [4.69, 9.17) is 0 Å². The summed E-state index contributed by atoms with van der Waals surface area (Å²) in [6.07, 6.45) is 16.0. The summed E-state index contributed by atoms with van der Waals surface area (Å²) in [5.41, 5.74) is 0. The molecule has 1 aliphatic heterocycles. The molecule has 122 valence electrons. The molecule has 0 saturated carbocycles. The summed E-state index contributed by atoms with van der Waals surface area (Å²) in [6, 6.07) is 0. The van der Waals surface area contributed by atoms with Crippen LogP contribution < -0.4 is 38.5 Å². The normalized spacial score (nSPS) is 15.6. The molecule has 21 heavy (non-hydrogen) atoms. The zero-order chi connectivity index (χ0) is 13.6. The van der Waals surface area contributed by atoms with Crippen molar-refractivity contribution in [2.45, 2.75) is 46.2 Å². The maximum Gasteiger partial charge on any atom is 0.243 e. The van der Waals surface area contributed by atoms with E-state index in [1.807, 2.05) is 12.5 Å². The van der Waals surface area contributed by atoms with E-state index >= 15 is 0 Å². The zero-order valence-corrected chi connectivity index (χ0v) is 16.3. The van der Waals surface area contributed by atoms with Gasteiger partial charge in [0, 0.05) is 0 Å². The van der Waals surface area contributed by atoms with Crippen molar-refractivity contribution >= 4 is 0 Å². The van der Waals surface area contributed by atoms with E-state index in [-0.39, 0.29) is 34.0 Å². The lowest BCUT2D eigenvalue weighted by Gasteiger charge is -2.32.